The van der Waals surface area contributed by atoms with Gasteiger partial charge in [-0.1, -0.05) is 146 Å². The van der Waals surface area contributed by atoms with Crippen LogP contribution in [-0.2, 0) is 0 Å². The Morgan fingerprint density at radius 2 is 0.938 bits per heavy atom. The lowest BCUT2D eigenvalue weighted by atomic mass is 9.93. The third kappa shape index (κ3) is 4.95. The third-order valence-corrected chi connectivity index (χ3v) is 10.4. The van der Waals surface area contributed by atoms with Crippen LogP contribution in [0.3, 0.4) is 0 Å². The van der Waals surface area contributed by atoms with Crippen LogP contribution in [0.5, 0.6) is 0 Å². The molecule has 1 nitrogen and oxygen atoms in total. The summed E-state index contributed by atoms with van der Waals surface area (Å²) in [6.07, 6.45) is 0. The van der Waals surface area contributed by atoms with Crippen LogP contribution in [0.4, 0.5) is 17.1 Å². The molecule has 2 heteroatoms. The summed E-state index contributed by atoms with van der Waals surface area (Å²) in [7, 11) is 0. The van der Waals surface area contributed by atoms with E-state index in [1.807, 2.05) is 11.3 Å². The molecule has 0 aliphatic heterocycles. The van der Waals surface area contributed by atoms with Gasteiger partial charge in [0.25, 0.3) is 0 Å². The fourth-order valence-corrected chi connectivity index (χ4v) is 8.13. The molecule has 0 saturated carbocycles. The summed E-state index contributed by atoms with van der Waals surface area (Å²) in [5.74, 6) is 0. The Balaban J connectivity index is 1.35. The van der Waals surface area contributed by atoms with Gasteiger partial charge in [-0.25, -0.2) is 0 Å². The largest absolute Gasteiger partial charge is 0.309 e. The van der Waals surface area contributed by atoms with Crippen LogP contribution < -0.4 is 4.90 Å². The minimum Gasteiger partial charge on any atom is -0.309 e. The molecular weight excluding hydrogens is 599 g/mol. The molecule has 0 amide bonds. The van der Waals surface area contributed by atoms with Gasteiger partial charge >= 0.3 is 0 Å². The lowest BCUT2D eigenvalue weighted by Gasteiger charge is -2.30. The summed E-state index contributed by atoms with van der Waals surface area (Å²) in [5.41, 5.74) is 10.7. The predicted molar refractivity (Wildman–Crippen MR) is 208 cm³/mol. The van der Waals surface area contributed by atoms with Gasteiger partial charge in [0, 0.05) is 36.8 Å². The molecule has 0 saturated heterocycles. The van der Waals surface area contributed by atoms with Gasteiger partial charge in [-0.15, -0.1) is 11.3 Å². The van der Waals surface area contributed by atoms with Gasteiger partial charge in [0.05, 0.1) is 11.4 Å². The quantitative estimate of drug-likeness (QED) is 0.177. The average molecular weight is 630 g/mol. The van der Waals surface area contributed by atoms with E-state index in [0.29, 0.717) is 0 Å². The number of hydrogen-bond acceptors (Lipinski definition) is 2. The van der Waals surface area contributed by atoms with E-state index in [9.17, 15) is 0 Å². The molecule has 0 spiro atoms. The molecule has 0 unspecified atom stereocenters. The molecule has 1 aromatic heterocycles. The second-order valence-electron chi connectivity index (χ2n) is 12.1. The van der Waals surface area contributed by atoms with Crippen molar-refractivity contribution in [2.75, 3.05) is 4.90 Å². The molecule has 1 heterocycles. The van der Waals surface area contributed by atoms with Crippen molar-refractivity contribution in [1.82, 2.24) is 0 Å². The molecule has 9 rings (SSSR count). The Labute approximate surface area is 284 Å². The summed E-state index contributed by atoms with van der Waals surface area (Å²) < 4.78 is 2.59. The molecule has 0 bridgehead atoms. The fraction of sp³-hybridized carbons (Fsp3) is 0. The molecule has 0 atom stereocenters. The highest BCUT2D eigenvalue weighted by molar-refractivity contribution is 7.26. The van der Waals surface area contributed by atoms with Crippen molar-refractivity contribution in [2.24, 2.45) is 0 Å². The molecule has 8 aromatic carbocycles. The van der Waals surface area contributed by atoms with Crippen LogP contribution in [-0.4, -0.2) is 0 Å². The number of thiophene rings is 1. The maximum atomic E-state index is 2.47. The monoisotopic (exact) mass is 629 g/mol. The van der Waals surface area contributed by atoms with Crippen LogP contribution in [0.1, 0.15) is 0 Å². The molecule has 0 fully saturated rings. The Morgan fingerprint density at radius 1 is 0.354 bits per heavy atom. The maximum absolute atomic E-state index is 2.47. The van der Waals surface area contributed by atoms with Crippen molar-refractivity contribution in [1.29, 1.82) is 0 Å². The second kappa shape index (κ2) is 12.0. The van der Waals surface area contributed by atoms with Crippen molar-refractivity contribution >= 4 is 59.3 Å². The third-order valence-electron chi connectivity index (χ3n) is 9.26. The van der Waals surface area contributed by atoms with Crippen molar-refractivity contribution in [2.45, 2.75) is 0 Å². The first-order valence-corrected chi connectivity index (χ1v) is 17.2. The van der Waals surface area contributed by atoms with E-state index in [2.05, 4.69) is 193 Å². The van der Waals surface area contributed by atoms with Crippen molar-refractivity contribution in [3.63, 3.8) is 0 Å². The Hall–Kier alpha value is -5.96. The van der Waals surface area contributed by atoms with Gasteiger partial charge in [0.15, 0.2) is 0 Å². The Kier molecular flexibility index (Phi) is 7.07. The zero-order valence-electron chi connectivity index (χ0n) is 26.3. The maximum Gasteiger partial charge on any atom is 0.0547 e. The normalized spacial score (nSPS) is 11.3. The lowest BCUT2D eigenvalue weighted by Crippen LogP contribution is -2.12. The van der Waals surface area contributed by atoms with Crippen molar-refractivity contribution in [3.8, 4) is 33.4 Å². The van der Waals surface area contributed by atoms with E-state index in [-0.39, 0.29) is 0 Å². The van der Waals surface area contributed by atoms with E-state index in [1.165, 1.54) is 64.3 Å². The van der Waals surface area contributed by atoms with Crippen LogP contribution in [0.15, 0.2) is 188 Å². The van der Waals surface area contributed by atoms with Crippen LogP contribution in [0.2, 0.25) is 0 Å². The minimum absolute atomic E-state index is 1.12. The first-order chi connectivity index (χ1) is 23.8. The van der Waals surface area contributed by atoms with Crippen LogP contribution in [0, 0.1) is 0 Å². The average Bonchev–Trinajstić information content (AvgIpc) is 3.55. The van der Waals surface area contributed by atoms with E-state index in [0.717, 1.165) is 17.1 Å². The van der Waals surface area contributed by atoms with E-state index >= 15 is 0 Å². The smallest absolute Gasteiger partial charge is 0.0547 e. The highest BCUT2D eigenvalue weighted by atomic mass is 32.1. The summed E-state index contributed by atoms with van der Waals surface area (Å²) in [5, 5.41) is 5.02. The SMILES string of the molecule is c1ccc(-c2ccc(N(c3ccc4sc5ccccc5c4c3-c3cccc(-c4ccccc4)c3)c3cccc4ccccc34)cc2)cc1. The molecule has 0 aliphatic rings. The van der Waals surface area contributed by atoms with Crippen molar-refractivity contribution < 1.29 is 0 Å². The number of anilines is 3. The first kappa shape index (κ1) is 28.3. The van der Waals surface area contributed by atoms with E-state index in [1.54, 1.807) is 0 Å². The molecule has 0 radical (unpaired) electrons. The van der Waals surface area contributed by atoms with E-state index < -0.39 is 0 Å². The molecule has 0 N–H and O–H groups in total. The molecular formula is C46H31NS. The highest BCUT2D eigenvalue weighted by Gasteiger charge is 2.23. The van der Waals surface area contributed by atoms with E-state index in [4.69, 9.17) is 0 Å². The molecule has 48 heavy (non-hydrogen) atoms. The first-order valence-electron chi connectivity index (χ1n) is 16.4. The summed E-state index contributed by atoms with van der Waals surface area (Å²) >= 11 is 1.87. The number of nitrogens with zero attached hydrogens (tertiary/aromatic N) is 1. The number of hydrogen-bond donors (Lipinski definition) is 0. The molecule has 226 valence electrons. The second-order valence-corrected chi connectivity index (χ2v) is 13.2. The predicted octanol–water partition coefficient (Wildman–Crippen LogP) is 13.7. The topological polar surface area (TPSA) is 3.24 Å². The minimum atomic E-state index is 1.12. The Morgan fingerprint density at radius 3 is 1.73 bits per heavy atom. The number of fused-ring (bicyclic) bond motifs is 4. The summed E-state index contributed by atoms with van der Waals surface area (Å²) in [4.78, 5) is 2.47. The van der Waals surface area contributed by atoms with Gasteiger partial charge in [-0.2, -0.15) is 0 Å². The lowest BCUT2D eigenvalue weighted by molar-refractivity contribution is 1.30. The Bertz CT molecular complexity index is 2540. The standard InChI is InChI=1S/C46H31NS/c1-3-13-32(14-4-1)34-25-27-38(28-26-34)47(41-23-12-18-35-17-7-8-21-39(35)41)42-29-30-44-46(40-22-9-10-24-43(40)48-44)45(42)37-20-11-19-36(31-37)33-15-5-2-6-16-33/h1-31H. The molecule has 9 aromatic rings. The van der Waals surface area contributed by atoms with Crippen LogP contribution >= 0.6 is 11.3 Å². The van der Waals surface area contributed by atoms with Gasteiger partial charge in [-0.05, 0) is 75.7 Å². The zero-order valence-corrected chi connectivity index (χ0v) is 27.1. The van der Waals surface area contributed by atoms with Gasteiger partial charge in [0.2, 0.25) is 0 Å². The highest BCUT2D eigenvalue weighted by Crippen LogP contribution is 2.50. The number of rotatable bonds is 6. The zero-order chi connectivity index (χ0) is 31.9. The van der Waals surface area contributed by atoms with Crippen molar-refractivity contribution in [3.05, 3.63) is 188 Å². The van der Waals surface area contributed by atoms with Crippen LogP contribution in [0.25, 0.3) is 64.3 Å². The van der Waals surface area contributed by atoms with Gasteiger partial charge in [-0.3, -0.25) is 0 Å². The van der Waals surface area contributed by atoms with Gasteiger partial charge in [0.1, 0.15) is 0 Å². The molecule has 0 aliphatic carbocycles. The number of benzene rings is 8. The fourth-order valence-electron chi connectivity index (χ4n) is 7.01. The summed E-state index contributed by atoms with van der Waals surface area (Å²) in [6.45, 7) is 0. The summed E-state index contributed by atoms with van der Waals surface area (Å²) in [6, 6.07) is 68.2. The van der Waals surface area contributed by atoms with Gasteiger partial charge < -0.3 is 4.90 Å².